The average Bonchev–Trinajstić information content (AvgIpc) is 3.08. The fourth-order valence-electron chi connectivity index (χ4n) is 3.18. The van der Waals surface area contributed by atoms with Crippen LogP contribution in [0.1, 0.15) is 21.5 Å². The molecule has 0 unspecified atom stereocenters. The van der Waals surface area contributed by atoms with Crippen LogP contribution in [0.5, 0.6) is 0 Å². The van der Waals surface area contributed by atoms with Gasteiger partial charge in [-0.05, 0) is 6.07 Å². The van der Waals surface area contributed by atoms with Gasteiger partial charge in [0.1, 0.15) is 5.71 Å². The largest absolute Gasteiger partial charge is 0.350 e. The van der Waals surface area contributed by atoms with E-state index in [2.05, 4.69) is 16.3 Å². The quantitative estimate of drug-likeness (QED) is 0.282. The zero-order chi connectivity index (χ0) is 19.3. The van der Waals surface area contributed by atoms with Crippen molar-refractivity contribution in [3.63, 3.8) is 0 Å². The van der Waals surface area contributed by atoms with E-state index in [-0.39, 0.29) is 5.78 Å². The molecule has 0 saturated carbocycles. The normalized spacial score (nSPS) is 12.0. The van der Waals surface area contributed by atoms with Crippen molar-refractivity contribution in [2.45, 2.75) is 0 Å². The van der Waals surface area contributed by atoms with Crippen molar-refractivity contribution in [1.82, 2.24) is 4.57 Å². The van der Waals surface area contributed by atoms with E-state index in [9.17, 15) is 4.79 Å². The van der Waals surface area contributed by atoms with E-state index < -0.39 is 0 Å². The van der Waals surface area contributed by atoms with Gasteiger partial charge < -0.3 is 4.57 Å². The summed E-state index contributed by atoms with van der Waals surface area (Å²) in [7, 11) is 2.00. The van der Waals surface area contributed by atoms with Crippen LogP contribution in [0, 0.1) is 0 Å². The first-order valence-electron chi connectivity index (χ1n) is 9.04. The molecule has 0 aliphatic heterocycles. The Kier molecular flexibility index (Phi) is 4.93. The minimum Gasteiger partial charge on any atom is -0.350 e. The van der Waals surface area contributed by atoms with Gasteiger partial charge in [-0.1, -0.05) is 78.9 Å². The van der Waals surface area contributed by atoms with E-state index in [1.165, 1.54) is 0 Å². The Bertz CT molecular complexity index is 1170. The molecule has 0 saturated heterocycles. The summed E-state index contributed by atoms with van der Waals surface area (Å²) in [5.74, 6) is -0.151. The van der Waals surface area contributed by atoms with Crippen LogP contribution >= 0.6 is 0 Å². The van der Waals surface area contributed by atoms with Gasteiger partial charge in [0.05, 0.1) is 6.21 Å². The monoisotopic (exact) mass is 365 g/mol. The van der Waals surface area contributed by atoms with Crippen LogP contribution in [-0.2, 0) is 7.05 Å². The molecule has 0 aliphatic carbocycles. The molecule has 0 fully saturated rings. The van der Waals surface area contributed by atoms with Crippen LogP contribution in [0.4, 0.5) is 0 Å². The molecule has 0 amide bonds. The molecular formula is C24H19N3O. The molecule has 0 spiro atoms. The molecule has 28 heavy (non-hydrogen) atoms. The Balaban J connectivity index is 1.73. The van der Waals surface area contributed by atoms with Crippen molar-refractivity contribution in [2.24, 2.45) is 17.3 Å². The van der Waals surface area contributed by atoms with Crippen molar-refractivity contribution < 1.29 is 4.79 Å². The average molecular weight is 365 g/mol. The Morgan fingerprint density at radius 2 is 1.43 bits per heavy atom. The van der Waals surface area contributed by atoms with E-state index in [0.29, 0.717) is 11.3 Å². The summed E-state index contributed by atoms with van der Waals surface area (Å²) in [6.07, 6.45) is 3.70. The molecule has 4 rings (SSSR count). The molecule has 4 aromatic rings. The first-order chi connectivity index (χ1) is 13.7. The van der Waals surface area contributed by atoms with Crippen molar-refractivity contribution in [2.75, 3.05) is 0 Å². The number of aromatic nitrogens is 1. The highest BCUT2D eigenvalue weighted by Gasteiger charge is 2.16. The maximum absolute atomic E-state index is 13.0. The Morgan fingerprint density at radius 3 is 2.14 bits per heavy atom. The third-order valence-corrected chi connectivity index (χ3v) is 4.58. The molecule has 0 atom stereocenters. The number of Topliss-reactive ketones (excluding diaryl/α,β-unsaturated/α-hetero) is 1. The highest BCUT2D eigenvalue weighted by molar-refractivity contribution is 6.51. The molecule has 4 heteroatoms. The summed E-state index contributed by atoms with van der Waals surface area (Å²) in [4.78, 5) is 13.0. The predicted molar refractivity (Wildman–Crippen MR) is 114 cm³/mol. The number of rotatable bonds is 5. The number of carbonyl (C=O) groups is 1. The van der Waals surface area contributed by atoms with Crippen LogP contribution in [0.2, 0.25) is 0 Å². The third-order valence-electron chi connectivity index (χ3n) is 4.58. The predicted octanol–water partition coefficient (Wildman–Crippen LogP) is 4.88. The lowest BCUT2D eigenvalue weighted by molar-refractivity contribution is 0.106. The second kappa shape index (κ2) is 7.84. The minimum atomic E-state index is -0.151. The summed E-state index contributed by atoms with van der Waals surface area (Å²) in [6.45, 7) is 0. The van der Waals surface area contributed by atoms with Gasteiger partial charge >= 0.3 is 0 Å². The molecule has 0 bridgehead atoms. The summed E-state index contributed by atoms with van der Waals surface area (Å²) in [5, 5.41) is 9.66. The van der Waals surface area contributed by atoms with Crippen molar-refractivity contribution in [3.8, 4) is 0 Å². The van der Waals surface area contributed by atoms with Gasteiger partial charge in [-0.2, -0.15) is 5.10 Å². The van der Waals surface area contributed by atoms with E-state index in [4.69, 9.17) is 0 Å². The number of ketones is 1. The standard InChI is InChI=1S/C24H19N3O/c1-27-17-20(21-14-8-9-15-22(21)27)16-25-26-23(18-10-4-2-5-11-18)24(28)19-12-6-3-7-13-19/h2-17H,1H3/b25-16+,26-23-. The van der Waals surface area contributed by atoms with Crippen LogP contribution < -0.4 is 0 Å². The molecular weight excluding hydrogens is 346 g/mol. The van der Waals surface area contributed by atoms with Crippen molar-refractivity contribution in [1.29, 1.82) is 0 Å². The number of benzene rings is 3. The summed E-state index contributed by atoms with van der Waals surface area (Å²) < 4.78 is 2.05. The van der Waals surface area contributed by atoms with Crippen LogP contribution in [-0.4, -0.2) is 22.3 Å². The first kappa shape index (κ1) is 17.6. The molecule has 136 valence electrons. The van der Waals surface area contributed by atoms with Gasteiger partial charge in [0.2, 0.25) is 5.78 Å². The van der Waals surface area contributed by atoms with Crippen LogP contribution in [0.3, 0.4) is 0 Å². The summed E-state index contributed by atoms with van der Waals surface area (Å²) >= 11 is 0. The van der Waals surface area contributed by atoms with Gasteiger partial charge in [-0.3, -0.25) is 4.79 Å². The maximum Gasteiger partial charge on any atom is 0.213 e. The fourth-order valence-corrected chi connectivity index (χ4v) is 3.18. The lowest BCUT2D eigenvalue weighted by atomic mass is 10.0. The zero-order valence-corrected chi connectivity index (χ0v) is 15.5. The topological polar surface area (TPSA) is 46.7 Å². The lowest BCUT2D eigenvalue weighted by Crippen LogP contribution is -2.15. The number of para-hydroxylation sites is 1. The van der Waals surface area contributed by atoms with E-state index >= 15 is 0 Å². The zero-order valence-electron chi connectivity index (χ0n) is 15.5. The second-order valence-electron chi connectivity index (χ2n) is 6.47. The third kappa shape index (κ3) is 3.53. The van der Waals surface area contributed by atoms with E-state index in [1.807, 2.05) is 84.5 Å². The Morgan fingerprint density at radius 1 is 0.821 bits per heavy atom. The molecule has 0 radical (unpaired) electrons. The Hall–Kier alpha value is -3.79. The van der Waals surface area contributed by atoms with E-state index in [1.54, 1.807) is 18.3 Å². The van der Waals surface area contributed by atoms with Gasteiger partial charge in [0.25, 0.3) is 0 Å². The number of fused-ring (bicyclic) bond motifs is 1. The molecule has 4 nitrogen and oxygen atoms in total. The summed E-state index contributed by atoms with van der Waals surface area (Å²) in [5.41, 5.74) is 3.73. The number of carbonyl (C=O) groups excluding carboxylic acids is 1. The highest BCUT2D eigenvalue weighted by atomic mass is 16.1. The van der Waals surface area contributed by atoms with E-state index in [0.717, 1.165) is 22.0 Å². The van der Waals surface area contributed by atoms with Gasteiger partial charge in [-0.25, -0.2) is 0 Å². The molecule has 1 aromatic heterocycles. The molecule has 1 heterocycles. The number of hydrogen-bond acceptors (Lipinski definition) is 3. The summed E-state index contributed by atoms with van der Waals surface area (Å²) in [6, 6.07) is 26.7. The maximum atomic E-state index is 13.0. The number of aryl methyl sites for hydroxylation is 1. The van der Waals surface area contributed by atoms with Crippen LogP contribution in [0.25, 0.3) is 10.9 Å². The molecule has 0 aliphatic rings. The first-order valence-corrected chi connectivity index (χ1v) is 9.04. The van der Waals surface area contributed by atoms with Gasteiger partial charge in [-0.15, -0.1) is 5.10 Å². The Labute approximate surface area is 163 Å². The van der Waals surface area contributed by atoms with Crippen molar-refractivity contribution in [3.05, 3.63) is 108 Å². The van der Waals surface area contributed by atoms with Gasteiger partial charge in [0, 0.05) is 40.8 Å². The SMILES string of the molecule is Cn1cc(/C=N/N=C(\C(=O)c2ccccc2)c2ccccc2)c2ccccc21. The lowest BCUT2D eigenvalue weighted by Gasteiger charge is -2.04. The number of nitrogens with zero attached hydrogens (tertiary/aromatic N) is 3. The smallest absolute Gasteiger partial charge is 0.213 e. The van der Waals surface area contributed by atoms with Crippen LogP contribution in [0.15, 0.2) is 101 Å². The van der Waals surface area contributed by atoms with Crippen molar-refractivity contribution >= 4 is 28.6 Å². The fraction of sp³-hybridized carbons (Fsp3) is 0.0417. The molecule has 3 aromatic carbocycles. The highest BCUT2D eigenvalue weighted by Crippen LogP contribution is 2.18. The second-order valence-corrected chi connectivity index (χ2v) is 6.47. The number of hydrogen-bond donors (Lipinski definition) is 0. The molecule has 0 N–H and O–H groups in total. The minimum absolute atomic E-state index is 0.151. The van der Waals surface area contributed by atoms with Gasteiger partial charge in [0.15, 0.2) is 0 Å².